The zero-order valence-electron chi connectivity index (χ0n) is 11.7. The van der Waals surface area contributed by atoms with Gasteiger partial charge in [-0.15, -0.1) is 0 Å². The molecule has 0 saturated carbocycles. The van der Waals surface area contributed by atoms with Crippen LogP contribution >= 0.6 is 0 Å². The number of benzene rings is 1. The third kappa shape index (κ3) is 3.67. The summed E-state index contributed by atoms with van der Waals surface area (Å²) in [6, 6.07) is 4.44. The largest absolute Gasteiger partial charge is 0.493 e. The van der Waals surface area contributed by atoms with Crippen LogP contribution < -0.4 is 10.1 Å². The second-order valence-corrected chi connectivity index (χ2v) is 4.69. The monoisotopic (exact) mass is 282 g/mol. The van der Waals surface area contributed by atoms with Gasteiger partial charge in [0.05, 0.1) is 11.5 Å². The maximum atomic E-state index is 11.1. The van der Waals surface area contributed by atoms with Crippen LogP contribution in [0.1, 0.15) is 18.9 Å². The molecule has 0 aliphatic carbocycles. The molecule has 20 heavy (non-hydrogen) atoms. The van der Waals surface area contributed by atoms with Gasteiger partial charge >= 0.3 is 5.97 Å². The van der Waals surface area contributed by atoms with Gasteiger partial charge in [0.15, 0.2) is 0 Å². The van der Waals surface area contributed by atoms with Gasteiger partial charge in [-0.2, -0.15) is 0 Å². The van der Waals surface area contributed by atoms with Gasteiger partial charge < -0.3 is 15.2 Å². The van der Waals surface area contributed by atoms with Crippen molar-refractivity contribution < 1.29 is 19.6 Å². The predicted molar refractivity (Wildman–Crippen MR) is 73.0 cm³/mol. The summed E-state index contributed by atoms with van der Waals surface area (Å²) in [5, 5.41) is 22.5. The van der Waals surface area contributed by atoms with Gasteiger partial charge in [0.2, 0.25) is 0 Å². The number of carboxylic acids is 1. The first kappa shape index (κ1) is 15.9. The Morgan fingerprint density at radius 1 is 1.55 bits per heavy atom. The second-order valence-electron chi connectivity index (χ2n) is 4.69. The molecule has 2 N–H and O–H groups in total. The van der Waals surface area contributed by atoms with Gasteiger partial charge in [-0.3, -0.25) is 14.9 Å². The first-order valence-corrected chi connectivity index (χ1v) is 6.10. The van der Waals surface area contributed by atoms with Crippen LogP contribution in [0.2, 0.25) is 0 Å². The third-order valence-corrected chi connectivity index (χ3v) is 3.26. The highest BCUT2D eigenvalue weighted by atomic mass is 16.6. The number of hydrogen-bond donors (Lipinski definition) is 2. The highest BCUT2D eigenvalue weighted by molar-refractivity contribution is 5.78. The fourth-order valence-electron chi connectivity index (χ4n) is 1.63. The topological polar surface area (TPSA) is 102 Å². The average molecular weight is 282 g/mol. The molecule has 1 rings (SSSR count). The number of nitrogens with one attached hydrogen (secondary N) is 1. The van der Waals surface area contributed by atoms with Gasteiger partial charge in [0.1, 0.15) is 11.3 Å². The second kappa shape index (κ2) is 6.33. The molecule has 0 bridgehead atoms. The van der Waals surface area contributed by atoms with E-state index in [2.05, 4.69) is 5.32 Å². The summed E-state index contributed by atoms with van der Waals surface area (Å²) >= 11 is 0. The summed E-state index contributed by atoms with van der Waals surface area (Å²) < 4.78 is 5.44. The number of nitro benzene ring substituents is 1. The van der Waals surface area contributed by atoms with Gasteiger partial charge in [-0.05, 0) is 33.0 Å². The minimum absolute atomic E-state index is 0.0305. The number of ether oxygens (including phenoxy) is 1. The van der Waals surface area contributed by atoms with E-state index in [1.54, 1.807) is 27.0 Å². The Bertz CT molecular complexity index is 517. The van der Waals surface area contributed by atoms with Crippen LogP contribution in [0, 0.1) is 17.0 Å². The fourth-order valence-corrected chi connectivity index (χ4v) is 1.63. The molecular weight excluding hydrogens is 264 g/mol. The third-order valence-electron chi connectivity index (χ3n) is 3.26. The molecule has 0 spiro atoms. The number of hydrogen-bond acceptors (Lipinski definition) is 5. The quantitative estimate of drug-likeness (QED) is 0.583. The van der Waals surface area contributed by atoms with Crippen molar-refractivity contribution in [3.05, 3.63) is 33.9 Å². The van der Waals surface area contributed by atoms with Crippen molar-refractivity contribution >= 4 is 11.7 Å². The van der Waals surface area contributed by atoms with Gasteiger partial charge in [0, 0.05) is 18.1 Å². The van der Waals surface area contributed by atoms with Crippen LogP contribution in [0.4, 0.5) is 5.69 Å². The number of nitro groups is 1. The van der Waals surface area contributed by atoms with Crippen molar-refractivity contribution in [1.29, 1.82) is 0 Å². The van der Waals surface area contributed by atoms with E-state index in [1.807, 2.05) is 0 Å². The number of carboxylic acid groups (broad SMARTS) is 1. The van der Waals surface area contributed by atoms with Gasteiger partial charge in [0.25, 0.3) is 5.69 Å². The van der Waals surface area contributed by atoms with Crippen molar-refractivity contribution in [2.24, 2.45) is 0 Å². The Kier molecular flexibility index (Phi) is 5.04. The lowest BCUT2D eigenvalue weighted by Crippen LogP contribution is -2.48. The first-order valence-electron chi connectivity index (χ1n) is 6.10. The Morgan fingerprint density at radius 2 is 2.20 bits per heavy atom. The minimum Gasteiger partial charge on any atom is -0.493 e. The van der Waals surface area contributed by atoms with Crippen LogP contribution in [0.25, 0.3) is 0 Å². The fraction of sp³-hybridized carbons (Fsp3) is 0.462. The normalized spacial score (nSPS) is 13.6. The molecule has 1 unspecified atom stereocenters. The van der Waals surface area contributed by atoms with E-state index in [0.717, 1.165) is 0 Å². The molecule has 7 nitrogen and oxygen atoms in total. The minimum atomic E-state index is -1.06. The zero-order valence-corrected chi connectivity index (χ0v) is 11.7. The van der Waals surface area contributed by atoms with Crippen molar-refractivity contribution in [3.8, 4) is 5.75 Å². The van der Waals surface area contributed by atoms with Crippen LogP contribution in [-0.4, -0.2) is 35.2 Å². The molecule has 0 saturated heterocycles. The van der Waals surface area contributed by atoms with Crippen LogP contribution in [0.15, 0.2) is 18.2 Å². The van der Waals surface area contributed by atoms with Crippen molar-refractivity contribution in [1.82, 2.24) is 5.32 Å². The van der Waals surface area contributed by atoms with Gasteiger partial charge in [-0.25, -0.2) is 0 Å². The lowest BCUT2D eigenvalue weighted by atomic mass is 9.99. The average Bonchev–Trinajstić information content (AvgIpc) is 2.37. The highest BCUT2D eigenvalue weighted by Gasteiger charge is 2.30. The number of likely N-dealkylation sites (N-methyl/N-ethyl adjacent to an activating group) is 1. The molecule has 1 aromatic rings. The molecule has 0 aliphatic heterocycles. The van der Waals surface area contributed by atoms with E-state index in [4.69, 9.17) is 9.84 Å². The summed E-state index contributed by atoms with van der Waals surface area (Å²) in [5.41, 5.74) is -0.527. The number of aliphatic carboxylic acids is 1. The van der Waals surface area contributed by atoms with E-state index >= 15 is 0 Å². The van der Waals surface area contributed by atoms with Gasteiger partial charge in [-0.1, -0.05) is 0 Å². The molecule has 1 aromatic carbocycles. The molecule has 0 amide bonds. The Hall–Kier alpha value is -2.15. The number of rotatable bonds is 7. The van der Waals surface area contributed by atoms with E-state index in [9.17, 15) is 14.9 Å². The Labute approximate surface area is 116 Å². The molecule has 110 valence electrons. The molecule has 0 radical (unpaired) electrons. The first-order chi connectivity index (χ1) is 9.30. The molecule has 0 aromatic heterocycles. The Morgan fingerprint density at radius 3 is 2.65 bits per heavy atom. The van der Waals surface area contributed by atoms with Crippen LogP contribution in [0.5, 0.6) is 5.75 Å². The summed E-state index contributed by atoms with van der Waals surface area (Å²) in [4.78, 5) is 21.3. The number of carbonyl (C=O) groups is 1. The standard InChI is InChI=1S/C13H18N2O5/c1-9-8-10(4-5-11(9)15(18)19)20-7-6-13(2,14-3)12(16)17/h4-5,8,14H,6-7H2,1-3H3,(H,16,17). The van der Waals surface area contributed by atoms with Crippen molar-refractivity contribution in [3.63, 3.8) is 0 Å². The lowest BCUT2D eigenvalue weighted by Gasteiger charge is -2.23. The van der Waals surface area contributed by atoms with Crippen LogP contribution in [-0.2, 0) is 4.79 Å². The summed E-state index contributed by atoms with van der Waals surface area (Å²) in [5.74, 6) is -0.472. The highest BCUT2D eigenvalue weighted by Crippen LogP contribution is 2.23. The van der Waals surface area contributed by atoms with Crippen LogP contribution in [0.3, 0.4) is 0 Å². The summed E-state index contributed by atoms with van der Waals surface area (Å²) in [6.45, 7) is 3.39. The molecular formula is C13H18N2O5. The lowest BCUT2D eigenvalue weighted by molar-refractivity contribution is -0.385. The molecule has 0 aliphatic rings. The molecule has 7 heteroatoms. The van der Waals surface area contributed by atoms with Crippen molar-refractivity contribution in [2.75, 3.05) is 13.7 Å². The smallest absolute Gasteiger partial charge is 0.323 e. The van der Waals surface area contributed by atoms with E-state index in [-0.39, 0.29) is 18.7 Å². The summed E-state index contributed by atoms with van der Waals surface area (Å²) in [7, 11) is 1.57. The number of aryl methyl sites for hydroxylation is 1. The summed E-state index contributed by atoms with van der Waals surface area (Å²) in [6.07, 6.45) is 0.273. The SMILES string of the molecule is CNC(C)(CCOc1ccc([N+](=O)[O-])c(C)c1)C(=O)O. The van der Waals surface area contributed by atoms with Crippen molar-refractivity contribution in [2.45, 2.75) is 25.8 Å². The Balaban J connectivity index is 2.65. The maximum absolute atomic E-state index is 11.1. The molecule has 0 heterocycles. The van der Waals surface area contributed by atoms with E-state index in [1.165, 1.54) is 12.1 Å². The van der Waals surface area contributed by atoms with E-state index in [0.29, 0.717) is 11.3 Å². The van der Waals surface area contributed by atoms with E-state index < -0.39 is 16.4 Å². The maximum Gasteiger partial charge on any atom is 0.323 e. The zero-order chi connectivity index (χ0) is 15.3. The number of nitrogens with zero attached hydrogens (tertiary/aromatic N) is 1. The molecule has 0 fully saturated rings. The molecule has 1 atom stereocenters. The predicted octanol–water partition coefficient (Wildman–Crippen LogP) is 1.73.